The van der Waals surface area contributed by atoms with Crippen LogP contribution in [0.2, 0.25) is 0 Å². The first-order chi connectivity index (χ1) is 13.8. The Morgan fingerprint density at radius 3 is 2.55 bits per heavy atom. The average molecular weight is 409 g/mol. The second-order valence-electron chi connectivity index (χ2n) is 7.52. The summed E-state index contributed by atoms with van der Waals surface area (Å²) in [5.74, 6) is 1.53. The first kappa shape index (κ1) is 19.6. The quantitative estimate of drug-likeness (QED) is 0.440. The van der Waals surface area contributed by atoms with Crippen molar-refractivity contribution in [3.05, 3.63) is 59.7 Å². The first-order valence-electron chi connectivity index (χ1n) is 9.89. The van der Waals surface area contributed by atoms with Crippen molar-refractivity contribution in [3.63, 3.8) is 0 Å². The number of aromatic nitrogens is 3. The second-order valence-corrected chi connectivity index (χ2v) is 7.52. The molecular formula is C22H23ClN5O-. The fourth-order valence-corrected chi connectivity index (χ4v) is 4.34. The number of hydrogen-bond acceptors (Lipinski definition) is 5. The maximum atomic E-state index is 9.20. The molecule has 7 heteroatoms. The number of hydrogen-bond donors (Lipinski definition) is 3. The van der Waals surface area contributed by atoms with Crippen molar-refractivity contribution in [1.82, 2.24) is 20.3 Å². The molecular weight excluding hydrogens is 386 g/mol. The number of aryl methyl sites for hydroxylation is 1. The van der Waals surface area contributed by atoms with Crippen molar-refractivity contribution in [3.8, 4) is 22.5 Å². The van der Waals surface area contributed by atoms with Gasteiger partial charge in [0.15, 0.2) is 0 Å². The van der Waals surface area contributed by atoms with Crippen molar-refractivity contribution >= 4 is 5.71 Å². The summed E-state index contributed by atoms with van der Waals surface area (Å²) in [7, 11) is 0. The Hall–Kier alpha value is -2.70. The fourth-order valence-electron chi connectivity index (χ4n) is 4.34. The first-order valence-corrected chi connectivity index (χ1v) is 9.89. The molecule has 5 rings (SSSR count). The molecule has 2 aliphatic rings. The normalized spacial score (nSPS) is 17.9. The zero-order valence-electron chi connectivity index (χ0n) is 16.0. The van der Waals surface area contributed by atoms with Crippen molar-refractivity contribution in [2.75, 3.05) is 13.1 Å². The Morgan fingerprint density at radius 2 is 1.79 bits per heavy atom. The Bertz CT molecular complexity index is 1020. The number of imidazole rings is 1. The highest BCUT2D eigenvalue weighted by atomic mass is 35.5. The molecule has 6 nitrogen and oxygen atoms in total. The van der Waals surface area contributed by atoms with Gasteiger partial charge in [-0.05, 0) is 62.5 Å². The molecule has 1 aromatic carbocycles. The monoisotopic (exact) mass is 408 g/mol. The Labute approximate surface area is 175 Å². The van der Waals surface area contributed by atoms with E-state index in [0.29, 0.717) is 5.92 Å². The number of nitrogens with one attached hydrogen (secondary N) is 2. The van der Waals surface area contributed by atoms with Gasteiger partial charge in [-0.15, -0.1) is 0 Å². The van der Waals surface area contributed by atoms with Crippen LogP contribution >= 0.6 is 0 Å². The summed E-state index contributed by atoms with van der Waals surface area (Å²) in [6.45, 7) is 2.07. The third-order valence-corrected chi connectivity index (χ3v) is 5.86. The highest BCUT2D eigenvalue weighted by molar-refractivity contribution is 6.04. The summed E-state index contributed by atoms with van der Waals surface area (Å²) in [5.41, 5.74) is 7.26. The van der Waals surface area contributed by atoms with Crippen LogP contribution < -0.4 is 17.7 Å². The minimum atomic E-state index is 0. The molecule has 1 aliphatic carbocycles. The van der Waals surface area contributed by atoms with Gasteiger partial charge in [-0.25, -0.2) is 4.98 Å². The predicted octanol–water partition coefficient (Wildman–Crippen LogP) is 0.734. The standard InChI is InChI=1S/C22H23N5O.ClH/c28-27-19-4-2-16-13-17(1-3-18(16)19)21-20(14-5-9-23-10-6-14)25-22(26-21)15-7-11-24-12-8-15;/h1,3,5-6,9-10,13,15,24,28H,2,4,7-8,11-12H2,(H,25,26);1H/p-1/b27-19-;. The average Bonchev–Trinajstić information content (AvgIpc) is 3.39. The fraction of sp³-hybridized carbons (Fsp3) is 0.318. The highest BCUT2D eigenvalue weighted by Gasteiger charge is 2.24. The van der Waals surface area contributed by atoms with Gasteiger partial charge in [0.05, 0.1) is 17.1 Å². The topological polar surface area (TPSA) is 86.2 Å². The van der Waals surface area contributed by atoms with E-state index in [9.17, 15) is 5.21 Å². The van der Waals surface area contributed by atoms with Crippen LogP contribution in [0.1, 0.15) is 42.1 Å². The summed E-state index contributed by atoms with van der Waals surface area (Å²) >= 11 is 0. The molecule has 0 spiro atoms. The molecule has 0 bridgehead atoms. The number of benzene rings is 1. The van der Waals surface area contributed by atoms with E-state index >= 15 is 0 Å². The van der Waals surface area contributed by atoms with Crippen LogP contribution in [0, 0.1) is 0 Å². The molecule has 0 atom stereocenters. The van der Waals surface area contributed by atoms with E-state index in [1.54, 1.807) is 0 Å². The number of fused-ring (bicyclic) bond motifs is 1. The zero-order valence-corrected chi connectivity index (χ0v) is 16.8. The van der Waals surface area contributed by atoms with Gasteiger partial charge < -0.3 is 27.9 Å². The van der Waals surface area contributed by atoms with Crippen LogP contribution in [0.3, 0.4) is 0 Å². The van der Waals surface area contributed by atoms with Gasteiger partial charge in [0.2, 0.25) is 0 Å². The molecule has 1 aliphatic heterocycles. The number of rotatable bonds is 3. The van der Waals surface area contributed by atoms with E-state index < -0.39 is 0 Å². The van der Waals surface area contributed by atoms with Crippen LogP contribution in [0.25, 0.3) is 22.5 Å². The molecule has 150 valence electrons. The van der Waals surface area contributed by atoms with Gasteiger partial charge in [-0.2, -0.15) is 0 Å². The minimum absolute atomic E-state index is 0. The van der Waals surface area contributed by atoms with Crippen molar-refractivity contribution in [2.24, 2.45) is 5.16 Å². The summed E-state index contributed by atoms with van der Waals surface area (Å²) < 4.78 is 0. The van der Waals surface area contributed by atoms with Crippen molar-refractivity contribution in [1.29, 1.82) is 0 Å². The van der Waals surface area contributed by atoms with E-state index in [2.05, 4.69) is 38.6 Å². The molecule has 3 heterocycles. The Balaban J connectivity index is 0.00000205. The van der Waals surface area contributed by atoms with E-state index in [0.717, 1.165) is 78.4 Å². The van der Waals surface area contributed by atoms with Gasteiger partial charge >= 0.3 is 0 Å². The number of halogens is 1. The number of piperidine rings is 1. The summed E-state index contributed by atoms with van der Waals surface area (Å²) in [6.07, 6.45) is 7.52. The van der Waals surface area contributed by atoms with Gasteiger partial charge in [0.1, 0.15) is 5.82 Å². The van der Waals surface area contributed by atoms with Crippen LogP contribution in [-0.4, -0.2) is 39.0 Å². The van der Waals surface area contributed by atoms with Gasteiger partial charge in [-0.1, -0.05) is 17.3 Å². The van der Waals surface area contributed by atoms with Crippen LogP contribution in [0.5, 0.6) is 0 Å². The molecule has 3 N–H and O–H groups in total. The van der Waals surface area contributed by atoms with E-state index in [1.165, 1.54) is 5.56 Å². The number of pyridine rings is 1. The van der Waals surface area contributed by atoms with Crippen molar-refractivity contribution in [2.45, 2.75) is 31.6 Å². The molecule has 29 heavy (non-hydrogen) atoms. The lowest BCUT2D eigenvalue weighted by Gasteiger charge is -2.20. The third kappa shape index (κ3) is 3.66. The van der Waals surface area contributed by atoms with E-state index in [1.807, 2.05) is 24.5 Å². The number of oxime groups is 1. The molecule has 1 saturated heterocycles. The summed E-state index contributed by atoms with van der Waals surface area (Å²) in [6, 6.07) is 10.4. The maximum absolute atomic E-state index is 9.20. The largest absolute Gasteiger partial charge is 1.00 e. The lowest BCUT2D eigenvalue weighted by Crippen LogP contribution is -3.00. The highest BCUT2D eigenvalue weighted by Crippen LogP contribution is 2.35. The third-order valence-electron chi connectivity index (χ3n) is 5.86. The minimum Gasteiger partial charge on any atom is -1.00 e. The molecule has 0 saturated carbocycles. The number of aromatic amines is 1. The smallest absolute Gasteiger partial charge is 0.110 e. The van der Waals surface area contributed by atoms with Crippen LogP contribution in [-0.2, 0) is 6.42 Å². The molecule has 0 unspecified atom stereocenters. The van der Waals surface area contributed by atoms with Gasteiger partial charge in [0, 0.05) is 35.0 Å². The van der Waals surface area contributed by atoms with Gasteiger partial charge in [0.25, 0.3) is 0 Å². The van der Waals surface area contributed by atoms with Crippen LogP contribution in [0.15, 0.2) is 47.9 Å². The maximum Gasteiger partial charge on any atom is 0.110 e. The van der Waals surface area contributed by atoms with Gasteiger partial charge in [-0.3, -0.25) is 4.98 Å². The van der Waals surface area contributed by atoms with Crippen molar-refractivity contribution < 1.29 is 17.6 Å². The molecule has 1 fully saturated rings. The lowest BCUT2D eigenvalue weighted by molar-refractivity contribution is -0.00000660. The predicted molar refractivity (Wildman–Crippen MR) is 109 cm³/mol. The molecule has 0 radical (unpaired) electrons. The Kier molecular flexibility index (Phi) is 5.65. The molecule has 2 aromatic heterocycles. The second kappa shape index (κ2) is 8.35. The SMILES string of the molecule is O/N=C1/CCc2cc(-c3nc(C4CCNCC4)[nH]c3-c3ccncc3)ccc21.[Cl-]. The van der Waals surface area contributed by atoms with E-state index in [4.69, 9.17) is 4.98 Å². The Morgan fingerprint density at radius 1 is 1.00 bits per heavy atom. The number of H-pyrrole nitrogens is 1. The van der Waals surface area contributed by atoms with Crippen LogP contribution in [0.4, 0.5) is 0 Å². The number of nitrogens with zero attached hydrogens (tertiary/aromatic N) is 3. The lowest BCUT2D eigenvalue weighted by atomic mass is 9.97. The molecule has 0 amide bonds. The van der Waals surface area contributed by atoms with E-state index in [-0.39, 0.29) is 12.4 Å². The summed E-state index contributed by atoms with van der Waals surface area (Å²) in [4.78, 5) is 12.8. The zero-order chi connectivity index (χ0) is 18.9. The summed E-state index contributed by atoms with van der Waals surface area (Å²) in [5, 5.41) is 16.1. The molecule has 3 aromatic rings.